The first-order valence-corrected chi connectivity index (χ1v) is 29.2. The van der Waals surface area contributed by atoms with E-state index in [9.17, 15) is 28.8 Å². The Morgan fingerprint density at radius 2 is 0.892 bits per heavy atom. The van der Waals surface area contributed by atoms with E-state index in [0.717, 1.165) is 25.1 Å². The Hall–Kier alpha value is -5.92. The van der Waals surface area contributed by atoms with Crippen LogP contribution < -0.4 is 58.9 Å². The molecule has 0 atom stereocenters. The molecule has 0 aliphatic rings. The Morgan fingerprint density at radius 1 is 0.506 bits per heavy atom. The molecular formula is C63H147N13O7. The van der Waals surface area contributed by atoms with Gasteiger partial charge in [-0.2, -0.15) is 0 Å². The van der Waals surface area contributed by atoms with E-state index in [0.29, 0.717) is 12.4 Å². The Kier molecular flexibility index (Phi) is 45.6. The lowest BCUT2D eigenvalue weighted by atomic mass is 10.1. The van der Waals surface area contributed by atoms with Crippen LogP contribution in [0.3, 0.4) is 0 Å². The van der Waals surface area contributed by atoms with Gasteiger partial charge in [0.1, 0.15) is 0 Å². The maximum Gasteiger partial charge on any atom is 0.407 e. The quantitative estimate of drug-likeness (QED) is 0.112. The molecular weight excluding hydrogens is 1050 g/mol. The van der Waals surface area contributed by atoms with Crippen molar-refractivity contribution in [1.82, 2.24) is 52.5 Å². The lowest BCUT2D eigenvalue weighted by Crippen LogP contribution is -2.48. The van der Waals surface area contributed by atoms with Crippen LogP contribution in [0, 0.1) is 5.92 Å². The maximum atomic E-state index is 11.4. The van der Waals surface area contributed by atoms with E-state index in [1.54, 1.807) is 18.5 Å². The number of hydrogen-bond acceptors (Lipinski definition) is 11. The van der Waals surface area contributed by atoms with E-state index in [1.165, 1.54) is 0 Å². The zero-order valence-electron chi connectivity index (χ0n) is 58.5. The largest absolute Gasteiger partial charge is 0.447 e. The zero-order chi connectivity index (χ0) is 67.0. The second kappa shape index (κ2) is 42.8. The van der Waals surface area contributed by atoms with Gasteiger partial charge in [0.25, 0.3) is 0 Å². The van der Waals surface area contributed by atoms with E-state index in [4.69, 9.17) is 10.5 Å². The van der Waals surface area contributed by atoms with Crippen molar-refractivity contribution in [3.63, 3.8) is 0 Å². The Labute approximate surface area is 521 Å². The van der Waals surface area contributed by atoms with E-state index in [-0.39, 0.29) is 113 Å². The highest BCUT2D eigenvalue weighted by atomic mass is 16.6. The average molecular weight is 1200 g/mol. The molecule has 1 heterocycles. The average Bonchev–Trinajstić information content (AvgIpc) is 3.19. The first-order chi connectivity index (χ1) is 36.9. The normalized spacial score (nSPS) is 11.3. The molecule has 1 aromatic heterocycles. The van der Waals surface area contributed by atoms with Crippen molar-refractivity contribution < 1.29 is 47.8 Å². The smallest absolute Gasteiger partial charge is 0.407 e. The number of para-hydroxylation sites is 1. The molecule has 0 radical (unpaired) electrons. The van der Waals surface area contributed by atoms with Gasteiger partial charge in [0.15, 0.2) is 0 Å². The van der Waals surface area contributed by atoms with Crippen LogP contribution in [-0.2, 0) is 14.3 Å². The molecule has 2 rings (SSSR count). The van der Waals surface area contributed by atoms with E-state index in [2.05, 4.69) is 83.9 Å². The zero-order valence-corrected chi connectivity index (χ0v) is 58.5. The summed E-state index contributed by atoms with van der Waals surface area (Å²) < 4.78 is 4.88. The highest BCUT2D eigenvalue weighted by Crippen LogP contribution is 2.09. The number of urea groups is 3. The van der Waals surface area contributed by atoms with Crippen molar-refractivity contribution in [2.75, 3.05) is 17.2 Å². The number of carbonyl (C=O) groups is 6. The summed E-state index contributed by atoms with van der Waals surface area (Å²) in [5, 5.41) is 28.3. The van der Waals surface area contributed by atoms with Gasteiger partial charge in [-0.15, -0.1) is 0 Å². The molecule has 20 nitrogen and oxygen atoms in total. The molecule has 0 fully saturated rings. The van der Waals surface area contributed by atoms with E-state index < -0.39 is 0 Å². The molecule has 0 aliphatic carbocycles. The number of anilines is 2. The van der Waals surface area contributed by atoms with E-state index >= 15 is 0 Å². The number of nitrogens with one attached hydrogen (secondary N) is 10. The summed E-state index contributed by atoms with van der Waals surface area (Å²) in [6.07, 6.45) is 5.56. The lowest BCUT2D eigenvalue weighted by Gasteiger charge is -2.21. The summed E-state index contributed by atoms with van der Waals surface area (Å²) in [6, 6.07) is 11.0. The van der Waals surface area contributed by atoms with Crippen LogP contribution in [0.1, 0.15) is 255 Å². The number of rotatable bonds is 9. The predicted octanol–water partition coefficient (Wildman–Crippen LogP) is 15.7. The second-order valence-electron chi connectivity index (χ2n) is 28.9. The molecule has 0 bridgehead atoms. The molecule has 0 aliphatic heterocycles. The van der Waals surface area contributed by atoms with Gasteiger partial charge >= 0.3 is 24.2 Å². The van der Waals surface area contributed by atoms with Crippen LogP contribution in [0.15, 0.2) is 48.8 Å². The summed E-state index contributed by atoms with van der Waals surface area (Å²) in [6.45, 7) is 63.4. The summed E-state index contributed by atoms with van der Waals surface area (Å²) in [5.74, 6) is 1.03. The molecule has 0 unspecified atom stereocenters. The van der Waals surface area contributed by atoms with Crippen LogP contribution >= 0.6 is 0 Å². The van der Waals surface area contributed by atoms with Crippen molar-refractivity contribution in [2.45, 2.75) is 297 Å². The molecule has 0 saturated carbocycles. The van der Waals surface area contributed by atoms with Crippen molar-refractivity contribution in [2.24, 2.45) is 11.7 Å². The molecule has 9 amide bonds. The summed E-state index contributed by atoms with van der Waals surface area (Å²) >= 11 is 0. The van der Waals surface area contributed by atoms with Gasteiger partial charge in [-0.05, 0) is 225 Å². The molecule has 20 heteroatoms. The highest BCUT2D eigenvalue weighted by Gasteiger charge is 2.18. The Balaban J connectivity index is -0.0000000517. The Bertz CT molecular complexity index is 2020. The molecule has 2 aromatic rings. The number of amides is 9. The van der Waals surface area contributed by atoms with Crippen LogP contribution in [-0.4, -0.2) is 109 Å². The second-order valence-corrected chi connectivity index (χ2v) is 28.9. The minimum atomic E-state index is -0.354. The first kappa shape index (κ1) is 88.3. The number of ether oxygens (including phenoxy) is 1. The van der Waals surface area contributed by atoms with Crippen molar-refractivity contribution in [3.8, 4) is 0 Å². The Morgan fingerprint density at radius 3 is 1.20 bits per heavy atom. The fourth-order valence-corrected chi connectivity index (χ4v) is 4.76. The fourth-order valence-electron chi connectivity index (χ4n) is 4.76. The number of aromatic nitrogens is 2. The molecule has 0 spiro atoms. The highest BCUT2D eigenvalue weighted by molar-refractivity contribution is 5.89. The number of nitrogens with zero attached hydrogens (tertiary/aromatic N) is 2. The van der Waals surface area contributed by atoms with Crippen LogP contribution in [0.4, 0.5) is 30.8 Å². The molecule has 506 valence electrons. The lowest BCUT2D eigenvalue weighted by molar-refractivity contribution is -0.125. The topological polar surface area (TPSA) is 284 Å². The van der Waals surface area contributed by atoms with Gasteiger partial charge in [0, 0.05) is 102 Å². The number of benzene rings is 1. The minimum Gasteiger partial charge on any atom is -0.447 e. The minimum absolute atomic E-state index is 0. The van der Waals surface area contributed by atoms with Gasteiger partial charge in [-0.25, -0.2) is 29.1 Å². The summed E-state index contributed by atoms with van der Waals surface area (Å²) in [5.41, 5.74) is 5.29. The number of carbonyl (C=O) groups excluding carboxylic acids is 6. The SMILES string of the molecule is CC(C)(C)N.CC(C)(C)NC(=O)Nc1ccccc1.CC(C)(C)Nc1ncccn1.CC(C)C(=O)NC(C)(C)C.CC(C)NC(=O)NC(C)(C)C.CC(C)OC(=O)NC(C)(C)C.CCCC(=O)NC(C)(C)C.CCCNC(=O)NC(C)(C)C.[HH].[HH].[HH].[HH].[HH].[HH].[HH].[HH].[HH].[HH]. The van der Waals surface area contributed by atoms with Crippen molar-refractivity contribution in [3.05, 3.63) is 48.8 Å². The van der Waals surface area contributed by atoms with Crippen LogP contribution in [0.2, 0.25) is 0 Å². The van der Waals surface area contributed by atoms with Crippen LogP contribution in [0.5, 0.6) is 0 Å². The fraction of sp³-hybridized carbons (Fsp3) is 0.746. The molecule has 12 N–H and O–H groups in total. The van der Waals surface area contributed by atoms with E-state index in [1.807, 2.05) is 231 Å². The van der Waals surface area contributed by atoms with Crippen molar-refractivity contribution >= 4 is 47.6 Å². The molecule has 83 heavy (non-hydrogen) atoms. The third-order valence-corrected chi connectivity index (χ3v) is 7.34. The predicted molar refractivity (Wildman–Crippen MR) is 372 cm³/mol. The van der Waals surface area contributed by atoms with Crippen LogP contribution in [0.25, 0.3) is 0 Å². The van der Waals surface area contributed by atoms with Gasteiger partial charge in [-0.3, -0.25) is 9.59 Å². The van der Waals surface area contributed by atoms with Gasteiger partial charge < -0.3 is 63.6 Å². The number of alkyl carbamates (subject to hydrolysis) is 1. The van der Waals surface area contributed by atoms with Gasteiger partial charge in [0.2, 0.25) is 17.8 Å². The molecule has 0 saturated heterocycles. The summed E-state index contributed by atoms with van der Waals surface area (Å²) in [7, 11) is 0. The summed E-state index contributed by atoms with van der Waals surface area (Å²) in [4.78, 5) is 74.5. The number of nitrogens with two attached hydrogens (primary N) is 1. The number of hydrogen-bond donors (Lipinski definition) is 11. The monoisotopic (exact) mass is 1200 g/mol. The molecule has 1 aromatic carbocycles. The third kappa shape index (κ3) is 90.1. The third-order valence-electron chi connectivity index (χ3n) is 7.34. The van der Waals surface area contributed by atoms with Crippen molar-refractivity contribution in [1.29, 1.82) is 0 Å². The first-order valence-electron chi connectivity index (χ1n) is 29.2. The standard InChI is InChI=1S/C11H16N2O.C8H13N3.2C8H18N2O.C8H17NO2.2C8H17NO.C4H11N.10H2/c1-11(2,3)13-10(14)12-9-7-5-4-6-8-9;1-8(2,3)11-7-9-5-4-6-10-7;1-6(2)9-7(11)10-8(3,4)5;1-5-6-9-7(11)10-8(2,3)4;1-6(2)11-7(10)9-8(3,4)5;1-6(2)7(10)9-8(3,4)5;1-5-6-7(10)9-8(2,3)4;1-4(2,3)5;;;;;;;;;;/h4-8H,1-3H3,(H2,12,13,14);4-6H,1-3H3,(H,9,10,11);6H,1-5H3,(H2,9,10,11);5-6H2,1-4H3,(H2,9,10,11);6H,1-5H3,(H,9,10);6H,1-5H3,(H,9,10);5-6H2,1-4H3,(H,9,10);5H2,1-3H3;10*1H. The van der Waals surface area contributed by atoms with Gasteiger partial charge in [0.05, 0.1) is 6.10 Å². The van der Waals surface area contributed by atoms with Gasteiger partial charge in [-0.1, -0.05) is 45.9 Å². The maximum absolute atomic E-state index is 11.4.